The van der Waals surface area contributed by atoms with E-state index in [2.05, 4.69) is 4.98 Å². The van der Waals surface area contributed by atoms with Gasteiger partial charge in [0.15, 0.2) is 6.39 Å². The summed E-state index contributed by atoms with van der Waals surface area (Å²) in [5, 5.41) is 0.693. The van der Waals surface area contributed by atoms with Gasteiger partial charge < -0.3 is 9.15 Å². The highest BCUT2D eigenvalue weighted by molar-refractivity contribution is 6.30. The lowest BCUT2D eigenvalue weighted by atomic mass is 10.3. The van der Waals surface area contributed by atoms with E-state index in [9.17, 15) is 0 Å². The number of aromatic nitrogens is 1. The molecule has 72 valence electrons. The van der Waals surface area contributed by atoms with Crippen LogP contribution in [0.2, 0.25) is 5.02 Å². The molecule has 2 rings (SSSR count). The number of hydrogen-bond donors (Lipinski definition) is 0. The minimum Gasteiger partial charge on any atom is -0.487 e. The Morgan fingerprint density at radius 2 is 2.07 bits per heavy atom. The fraction of sp³-hybridized carbons (Fsp3) is 0.100. The second kappa shape index (κ2) is 4.15. The van der Waals surface area contributed by atoms with E-state index < -0.39 is 0 Å². The van der Waals surface area contributed by atoms with E-state index in [4.69, 9.17) is 20.8 Å². The van der Waals surface area contributed by atoms with Crippen LogP contribution in [0.1, 0.15) is 5.69 Å². The van der Waals surface area contributed by atoms with Gasteiger partial charge in [0.05, 0.1) is 0 Å². The molecule has 1 aromatic heterocycles. The van der Waals surface area contributed by atoms with Gasteiger partial charge in [-0.3, -0.25) is 0 Å². The van der Waals surface area contributed by atoms with Crippen LogP contribution in [0.5, 0.6) is 5.75 Å². The summed E-state index contributed by atoms with van der Waals surface area (Å²) >= 11 is 5.73. The number of oxazole rings is 1. The molecule has 3 nitrogen and oxygen atoms in total. The van der Waals surface area contributed by atoms with Crippen LogP contribution in [0.25, 0.3) is 0 Å². The third-order valence-corrected chi connectivity index (χ3v) is 1.94. The van der Waals surface area contributed by atoms with Crippen LogP contribution in [0.4, 0.5) is 0 Å². The first kappa shape index (κ1) is 9.09. The van der Waals surface area contributed by atoms with Crippen LogP contribution in [-0.4, -0.2) is 4.98 Å². The van der Waals surface area contributed by atoms with Gasteiger partial charge in [-0.1, -0.05) is 11.6 Å². The van der Waals surface area contributed by atoms with Gasteiger partial charge >= 0.3 is 0 Å². The van der Waals surface area contributed by atoms with Crippen molar-refractivity contribution in [3.8, 4) is 5.75 Å². The smallest absolute Gasteiger partial charge is 0.180 e. The van der Waals surface area contributed by atoms with Gasteiger partial charge in [-0.25, -0.2) is 4.98 Å². The maximum atomic E-state index is 5.73. The molecule has 0 spiro atoms. The molecule has 0 saturated carbocycles. The third kappa shape index (κ3) is 2.26. The molecule has 0 aliphatic rings. The van der Waals surface area contributed by atoms with Gasteiger partial charge in [-0.15, -0.1) is 0 Å². The number of halogens is 1. The fourth-order valence-corrected chi connectivity index (χ4v) is 1.12. The zero-order valence-electron chi connectivity index (χ0n) is 7.31. The highest BCUT2D eigenvalue weighted by atomic mass is 35.5. The second-order valence-electron chi connectivity index (χ2n) is 2.72. The van der Waals surface area contributed by atoms with Crippen molar-refractivity contribution in [2.24, 2.45) is 0 Å². The van der Waals surface area contributed by atoms with E-state index in [1.54, 1.807) is 18.4 Å². The van der Waals surface area contributed by atoms with Crippen LogP contribution >= 0.6 is 11.6 Å². The van der Waals surface area contributed by atoms with E-state index in [0.29, 0.717) is 11.6 Å². The maximum Gasteiger partial charge on any atom is 0.180 e. The first-order valence-corrected chi connectivity index (χ1v) is 4.48. The Bertz CT molecular complexity index is 383. The molecule has 14 heavy (non-hydrogen) atoms. The van der Waals surface area contributed by atoms with Gasteiger partial charge in [0.2, 0.25) is 0 Å². The van der Waals surface area contributed by atoms with Crippen molar-refractivity contribution in [2.45, 2.75) is 6.61 Å². The largest absolute Gasteiger partial charge is 0.487 e. The number of rotatable bonds is 3. The summed E-state index contributed by atoms with van der Waals surface area (Å²) < 4.78 is 10.2. The molecule has 0 unspecified atom stereocenters. The normalized spacial score (nSPS) is 10.1. The lowest BCUT2D eigenvalue weighted by Gasteiger charge is -2.02. The van der Waals surface area contributed by atoms with E-state index in [1.807, 2.05) is 12.1 Å². The molecule has 1 heterocycles. The average molecular weight is 210 g/mol. The fourth-order valence-electron chi connectivity index (χ4n) is 0.997. The molecular formula is C10H8ClNO2. The second-order valence-corrected chi connectivity index (χ2v) is 3.16. The van der Waals surface area contributed by atoms with Crippen molar-refractivity contribution in [1.82, 2.24) is 4.98 Å². The van der Waals surface area contributed by atoms with E-state index in [1.165, 1.54) is 6.39 Å². The molecule has 0 aliphatic carbocycles. The van der Waals surface area contributed by atoms with Crippen molar-refractivity contribution in [1.29, 1.82) is 0 Å². The van der Waals surface area contributed by atoms with Crippen molar-refractivity contribution < 1.29 is 9.15 Å². The first-order valence-electron chi connectivity index (χ1n) is 4.10. The van der Waals surface area contributed by atoms with Crippen molar-refractivity contribution in [3.05, 3.63) is 47.6 Å². The standard InChI is InChI=1S/C10H8ClNO2/c11-8-1-3-10(4-2-8)14-6-9-5-13-7-12-9/h1-5,7H,6H2. The van der Waals surface area contributed by atoms with Crippen molar-refractivity contribution in [2.75, 3.05) is 0 Å². The van der Waals surface area contributed by atoms with Gasteiger partial charge in [0, 0.05) is 5.02 Å². The Kier molecular flexibility index (Phi) is 2.70. The molecule has 0 fully saturated rings. The highest BCUT2D eigenvalue weighted by Gasteiger charge is 1.97. The lowest BCUT2D eigenvalue weighted by molar-refractivity contribution is 0.301. The molecule has 0 radical (unpaired) electrons. The molecule has 0 bridgehead atoms. The predicted molar refractivity (Wildman–Crippen MR) is 52.3 cm³/mol. The zero-order valence-corrected chi connectivity index (χ0v) is 8.07. The summed E-state index contributed by atoms with van der Waals surface area (Å²) in [4.78, 5) is 3.93. The van der Waals surface area contributed by atoms with Gasteiger partial charge in [-0.05, 0) is 24.3 Å². The topological polar surface area (TPSA) is 35.3 Å². The van der Waals surface area contributed by atoms with Crippen LogP contribution in [0, 0.1) is 0 Å². The number of ether oxygens (including phenoxy) is 1. The van der Waals surface area contributed by atoms with Crippen LogP contribution in [0.3, 0.4) is 0 Å². The first-order chi connectivity index (χ1) is 6.84. The minimum absolute atomic E-state index is 0.401. The Morgan fingerprint density at radius 1 is 1.29 bits per heavy atom. The molecular weight excluding hydrogens is 202 g/mol. The minimum atomic E-state index is 0.401. The molecule has 0 amide bonds. The molecule has 0 N–H and O–H groups in total. The predicted octanol–water partition coefficient (Wildman–Crippen LogP) is 2.91. The number of hydrogen-bond acceptors (Lipinski definition) is 3. The molecule has 1 aromatic carbocycles. The quantitative estimate of drug-likeness (QED) is 0.780. The molecule has 0 atom stereocenters. The molecule has 0 saturated heterocycles. The number of nitrogens with zero attached hydrogens (tertiary/aromatic N) is 1. The summed E-state index contributed by atoms with van der Waals surface area (Å²) in [6, 6.07) is 7.17. The van der Waals surface area contributed by atoms with Gasteiger partial charge in [-0.2, -0.15) is 0 Å². The average Bonchev–Trinajstić information content (AvgIpc) is 2.70. The summed E-state index contributed by atoms with van der Waals surface area (Å²) in [7, 11) is 0. The number of benzene rings is 1. The Balaban J connectivity index is 1.95. The summed E-state index contributed by atoms with van der Waals surface area (Å²) in [5.74, 6) is 0.761. The van der Waals surface area contributed by atoms with E-state index in [0.717, 1.165) is 11.4 Å². The van der Waals surface area contributed by atoms with Gasteiger partial charge in [0.25, 0.3) is 0 Å². The van der Waals surface area contributed by atoms with Gasteiger partial charge in [0.1, 0.15) is 24.3 Å². The summed E-state index contributed by atoms with van der Waals surface area (Å²) in [6.07, 6.45) is 2.93. The molecule has 4 heteroatoms. The Labute approximate surface area is 86.3 Å². The maximum absolute atomic E-state index is 5.73. The summed E-state index contributed by atoms with van der Waals surface area (Å²) in [5.41, 5.74) is 0.764. The van der Waals surface area contributed by atoms with Crippen LogP contribution in [0.15, 0.2) is 41.3 Å². The molecule has 0 aliphatic heterocycles. The Morgan fingerprint density at radius 3 is 2.71 bits per heavy atom. The highest BCUT2D eigenvalue weighted by Crippen LogP contribution is 2.16. The third-order valence-electron chi connectivity index (χ3n) is 1.68. The van der Waals surface area contributed by atoms with Crippen LogP contribution < -0.4 is 4.74 Å². The van der Waals surface area contributed by atoms with Crippen molar-refractivity contribution >= 4 is 11.6 Å². The van der Waals surface area contributed by atoms with E-state index in [-0.39, 0.29) is 0 Å². The summed E-state index contributed by atoms with van der Waals surface area (Å²) in [6.45, 7) is 0.401. The Hall–Kier alpha value is -1.48. The zero-order chi connectivity index (χ0) is 9.80. The van der Waals surface area contributed by atoms with Crippen molar-refractivity contribution in [3.63, 3.8) is 0 Å². The van der Waals surface area contributed by atoms with E-state index >= 15 is 0 Å². The lowest BCUT2D eigenvalue weighted by Crippen LogP contribution is -1.94. The monoisotopic (exact) mass is 209 g/mol. The molecule has 2 aromatic rings. The SMILES string of the molecule is Clc1ccc(OCc2cocn2)cc1. The van der Waals surface area contributed by atoms with Crippen LogP contribution in [-0.2, 0) is 6.61 Å².